The molecule has 0 aliphatic heterocycles. The summed E-state index contributed by atoms with van der Waals surface area (Å²) in [5, 5.41) is 0.290. The number of rotatable bonds is 3. The Labute approximate surface area is 77.4 Å². The Bertz CT molecular complexity index is 161. The summed E-state index contributed by atoms with van der Waals surface area (Å²) in [4.78, 5) is 0. The molecular weight excluding hydrogens is 170 g/mol. The first kappa shape index (κ1) is 10.2. The van der Waals surface area contributed by atoms with E-state index in [-0.39, 0.29) is 6.04 Å². The predicted octanol–water partition coefficient (Wildman–Crippen LogP) is 1.42. The van der Waals surface area contributed by atoms with Crippen molar-refractivity contribution in [2.24, 2.45) is 5.73 Å². The number of hydrogen-bond donors (Lipinski definition) is 1. The molecule has 0 amide bonds. The van der Waals surface area contributed by atoms with Crippen LogP contribution in [0.1, 0.15) is 39.0 Å². The second kappa shape index (κ2) is 4.97. The van der Waals surface area contributed by atoms with Gasteiger partial charge in [-0.15, -0.1) is 0 Å². The van der Waals surface area contributed by atoms with Crippen molar-refractivity contribution >= 4 is 10.8 Å². The monoisotopic (exact) mass is 189 g/mol. The van der Waals surface area contributed by atoms with Gasteiger partial charge in [-0.2, -0.15) is 0 Å². The Morgan fingerprint density at radius 3 is 2.67 bits per heavy atom. The van der Waals surface area contributed by atoms with Gasteiger partial charge in [0.25, 0.3) is 0 Å². The number of nitrogens with two attached hydrogens (primary N) is 1. The Balaban J connectivity index is 2.42. The average molecular weight is 189 g/mol. The van der Waals surface area contributed by atoms with Crippen molar-refractivity contribution < 1.29 is 4.21 Å². The van der Waals surface area contributed by atoms with Gasteiger partial charge >= 0.3 is 0 Å². The van der Waals surface area contributed by atoms with Crippen molar-refractivity contribution in [3.63, 3.8) is 0 Å². The molecule has 0 aromatic rings. The number of hydrogen-bond acceptors (Lipinski definition) is 2. The normalized spacial score (nSPS) is 33.2. The first-order valence-corrected chi connectivity index (χ1v) is 6.26. The molecule has 0 heterocycles. The molecule has 12 heavy (non-hydrogen) atoms. The summed E-state index contributed by atoms with van der Waals surface area (Å²) in [6.07, 6.45) is 5.60. The van der Waals surface area contributed by atoms with Crippen molar-refractivity contribution in [2.75, 3.05) is 5.75 Å². The van der Waals surface area contributed by atoms with E-state index >= 15 is 0 Å². The zero-order valence-corrected chi connectivity index (χ0v) is 8.61. The molecule has 1 fully saturated rings. The summed E-state index contributed by atoms with van der Waals surface area (Å²) in [6, 6.07) is 0.200. The zero-order chi connectivity index (χ0) is 8.97. The van der Waals surface area contributed by atoms with Gasteiger partial charge in [0.1, 0.15) is 0 Å². The van der Waals surface area contributed by atoms with Crippen LogP contribution in [0.4, 0.5) is 0 Å². The van der Waals surface area contributed by atoms with E-state index in [1.54, 1.807) is 0 Å². The summed E-state index contributed by atoms with van der Waals surface area (Å²) in [5.74, 6) is 0.832. The lowest BCUT2D eigenvalue weighted by molar-refractivity contribution is 0.445. The Kier molecular flexibility index (Phi) is 4.22. The summed E-state index contributed by atoms with van der Waals surface area (Å²) in [7, 11) is -0.662. The molecule has 0 radical (unpaired) electrons. The second-order valence-electron chi connectivity index (χ2n) is 3.57. The molecule has 72 valence electrons. The van der Waals surface area contributed by atoms with Crippen LogP contribution in [0.5, 0.6) is 0 Å². The van der Waals surface area contributed by atoms with Crippen molar-refractivity contribution in [2.45, 2.75) is 50.3 Å². The highest BCUT2D eigenvalue weighted by molar-refractivity contribution is 7.85. The van der Waals surface area contributed by atoms with Gasteiger partial charge in [-0.3, -0.25) is 4.21 Å². The minimum Gasteiger partial charge on any atom is -0.327 e. The molecule has 3 atom stereocenters. The molecule has 2 nitrogen and oxygen atoms in total. The molecule has 1 aliphatic rings. The van der Waals surface area contributed by atoms with Crippen molar-refractivity contribution in [3.05, 3.63) is 0 Å². The highest BCUT2D eigenvalue weighted by Gasteiger charge is 2.26. The van der Waals surface area contributed by atoms with Crippen LogP contribution in [-0.2, 0) is 10.8 Å². The quantitative estimate of drug-likeness (QED) is 0.729. The van der Waals surface area contributed by atoms with Gasteiger partial charge in [0.15, 0.2) is 0 Å². The standard InChI is InChI=1S/C9H19NOS/c1-2-7-12(11)9-6-4-3-5-8(9)10/h8-9H,2-7,10H2,1H3. The molecule has 3 heteroatoms. The lowest BCUT2D eigenvalue weighted by Crippen LogP contribution is -2.40. The molecule has 0 aromatic heterocycles. The molecule has 3 unspecified atom stereocenters. The lowest BCUT2D eigenvalue weighted by atomic mass is 9.96. The van der Waals surface area contributed by atoms with Gasteiger partial charge in [0.2, 0.25) is 0 Å². The third-order valence-corrected chi connectivity index (χ3v) is 4.57. The minimum absolute atomic E-state index is 0.200. The molecule has 1 saturated carbocycles. The first-order valence-electron chi connectivity index (χ1n) is 4.88. The van der Waals surface area contributed by atoms with Crippen LogP contribution < -0.4 is 5.73 Å². The summed E-state index contributed by atoms with van der Waals surface area (Å²) >= 11 is 0. The SMILES string of the molecule is CCCS(=O)C1CCCCC1N. The molecule has 1 aliphatic carbocycles. The maximum atomic E-state index is 11.6. The van der Waals surface area contributed by atoms with Crippen molar-refractivity contribution in [1.29, 1.82) is 0 Å². The van der Waals surface area contributed by atoms with E-state index in [1.807, 2.05) is 0 Å². The van der Waals surface area contributed by atoms with Crippen LogP contribution in [-0.4, -0.2) is 21.3 Å². The van der Waals surface area contributed by atoms with E-state index in [4.69, 9.17) is 5.73 Å². The van der Waals surface area contributed by atoms with E-state index in [1.165, 1.54) is 12.8 Å². The van der Waals surface area contributed by atoms with Crippen LogP contribution in [0.25, 0.3) is 0 Å². The van der Waals surface area contributed by atoms with Gasteiger partial charge in [-0.1, -0.05) is 19.8 Å². The van der Waals surface area contributed by atoms with Gasteiger partial charge in [-0.25, -0.2) is 0 Å². The predicted molar refractivity (Wildman–Crippen MR) is 53.5 cm³/mol. The molecule has 0 spiro atoms. The maximum Gasteiger partial charge on any atom is 0.0499 e. The van der Waals surface area contributed by atoms with Crippen molar-refractivity contribution in [3.8, 4) is 0 Å². The minimum atomic E-state index is -0.662. The van der Waals surface area contributed by atoms with Crippen LogP contribution in [0, 0.1) is 0 Å². The van der Waals surface area contributed by atoms with E-state index in [0.717, 1.165) is 25.0 Å². The smallest absolute Gasteiger partial charge is 0.0499 e. The molecule has 1 rings (SSSR count). The fourth-order valence-corrected chi connectivity index (χ4v) is 3.47. The highest BCUT2D eigenvalue weighted by atomic mass is 32.2. The third kappa shape index (κ3) is 2.56. The lowest BCUT2D eigenvalue weighted by Gasteiger charge is -2.27. The van der Waals surface area contributed by atoms with Crippen LogP contribution >= 0.6 is 0 Å². The Morgan fingerprint density at radius 1 is 1.42 bits per heavy atom. The summed E-state index contributed by atoms with van der Waals surface area (Å²) in [5.41, 5.74) is 5.92. The highest BCUT2D eigenvalue weighted by Crippen LogP contribution is 2.21. The second-order valence-corrected chi connectivity index (χ2v) is 5.35. The largest absolute Gasteiger partial charge is 0.327 e. The third-order valence-electron chi connectivity index (χ3n) is 2.50. The fourth-order valence-electron chi connectivity index (χ4n) is 1.80. The summed E-state index contributed by atoms with van der Waals surface area (Å²) in [6.45, 7) is 2.08. The van der Waals surface area contributed by atoms with E-state index in [0.29, 0.717) is 5.25 Å². The van der Waals surface area contributed by atoms with Crippen LogP contribution in [0.3, 0.4) is 0 Å². The Morgan fingerprint density at radius 2 is 2.08 bits per heavy atom. The van der Waals surface area contributed by atoms with Gasteiger partial charge < -0.3 is 5.73 Å². The van der Waals surface area contributed by atoms with Gasteiger partial charge in [0.05, 0.1) is 0 Å². The molecular formula is C9H19NOS. The van der Waals surface area contributed by atoms with E-state index < -0.39 is 10.8 Å². The van der Waals surface area contributed by atoms with E-state index in [2.05, 4.69) is 6.92 Å². The fraction of sp³-hybridized carbons (Fsp3) is 1.00. The van der Waals surface area contributed by atoms with Crippen LogP contribution in [0.15, 0.2) is 0 Å². The van der Waals surface area contributed by atoms with Crippen molar-refractivity contribution in [1.82, 2.24) is 0 Å². The summed E-state index contributed by atoms with van der Waals surface area (Å²) < 4.78 is 11.6. The molecule has 0 saturated heterocycles. The zero-order valence-electron chi connectivity index (χ0n) is 7.79. The van der Waals surface area contributed by atoms with E-state index in [9.17, 15) is 4.21 Å². The van der Waals surface area contributed by atoms with Gasteiger partial charge in [-0.05, 0) is 19.3 Å². The molecule has 0 bridgehead atoms. The average Bonchev–Trinajstić information content (AvgIpc) is 2.05. The molecule has 2 N–H and O–H groups in total. The topological polar surface area (TPSA) is 43.1 Å². The Hall–Kier alpha value is 0.110. The van der Waals surface area contributed by atoms with Gasteiger partial charge in [0, 0.05) is 27.8 Å². The molecule has 0 aromatic carbocycles. The maximum absolute atomic E-state index is 11.6. The first-order chi connectivity index (χ1) is 5.75. The van der Waals surface area contributed by atoms with Crippen LogP contribution in [0.2, 0.25) is 0 Å².